The molecule has 4 heterocycles. The Kier molecular flexibility index (Phi) is 4.92. The lowest BCUT2D eigenvalue weighted by Gasteiger charge is -2.18. The van der Waals surface area contributed by atoms with Crippen LogP contribution in [0.1, 0.15) is 22.5 Å². The first-order valence-electron chi connectivity index (χ1n) is 9.17. The first kappa shape index (κ1) is 18.0. The maximum absolute atomic E-state index is 12.7. The van der Waals surface area contributed by atoms with Crippen LogP contribution in [0, 0.1) is 6.92 Å². The number of aromatic amines is 1. The van der Waals surface area contributed by atoms with Crippen LogP contribution in [0.3, 0.4) is 0 Å². The first-order valence-corrected chi connectivity index (χ1v) is 9.17. The Balaban J connectivity index is 1.44. The molecule has 1 aliphatic heterocycles. The molecule has 28 heavy (non-hydrogen) atoms. The molecule has 0 saturated carbocycles. The molecule has 1 saturated heterocycles. The summed E-state index contributed by atoms with van der Waals surface area (Å²) in [6.07, 6.45) is 6.03. The number of hydrogen-bond donors (Lipinski definition) is 2. The van der Waals surface area contributed by atoms with Crippen molar-refractivity contribution < 1.29 is 9.53 Å². The quantitative estimate of drug-likeness (QED) is 0.707. The van der Waals surface area contributed by atoms with E-state index in [9.17, 15) is 4.79 Å². The Morgan fingerprint density at radius 3 is 3.04 bits per heavy atom. The smallest absolute Gasteiger partial charge is 0.255 e. The fraction of sp³-hybridized carbons (Fsp3) is 0.300. The van der Waals surface area contributed by atoms with Crippen LogP contribution >= 0.6 is 0 Å². The number of hydrogen-bond acceptors (Lipinski definition) is 6. The number of aromatic nitrogens is 4. The van der Waals surface area contributed by atoms with Crippen molar-refractivity contribution in [2.24, 2.45) is 0 Å². The second-order valence-corrected chi connectivity index (χ2v) is 6.76. The number of nitrogens with zero attached hydrogens (tertiary/aromatic N) is 4. The summed E-state index contributed by atoms with van der Waals surface area (Å²) in [6.45, 7) is 3.29. The van der Waals surface area contributed by atoms with Crippen LogP contribution in [0.15, 0.2) is 42.9 Å². The molecule has 8 heteroatoms. The summed E-state index contributed by atoms with van der Waals surface area (Å²) in [5.74, 6) is 0.983. The van der Waals surface area contributed by atoms with Gasteiger partial charge in [0.05, 0.1) is 30.3 Å². The van der Waals surface area contributed by atoms with Gasteiger partial charge in [0.15, 0.2) is 0 Å². The van der Waals surface area contributed by atoms with E-state index in [4.69, 9.17) is 4.74 Å². The average Bonchev–Trinajstić information content (AvgIpc) is 3.40. The van der Waals surface area contributed by atoms with Crippen LogP contribution in [0.25, 0.3) is 11.4 Å². The Morgan fingerprint density at radius 2 is 2.25 bits per heavy atom. The SMILES string of the molecule is COc1cnc(C)cc1C(=O)NC1CCN(c2nccc(-c3ccc[nH]3)n2)C1. The molecule has 1 amide bonds. The molecule has 1 fully saturated rings. The molecule has 1 unspecified atom stereocenters. The van der Waals surface area contributed by atoms with Crippen molar-refractivity contribution >= 4 is 11.9 Å². The topological polar surface area (TPSA) is 96.0 Å². The maximum Gasteiger partial charge on any atom is 0.255 e. The highest BCUT2D eigenvalue weighted by molar-refractivity contribution is 5.97. The standard InChI is InChI=1S/C20H22N6O2/c1-13-10-15(18(28-2)11-23-13)19(27)24-14-6-9-26(12-14)20-22-8-5-17(25-20)16-4-3-7-21-16/h3-5,7-8,10-11,14,21H,6,9,12H2,1-2H3,(H,24,27). The number of H-pyrrole nitrogens is 1. The zero-order chi connectivity index (χ0) is 19.5. The minimum absolute atomic E-state index is 0.0171. The number of carbonyl (C=O) groups excluding carboxylic acids is 1. The summed E-state index contributed by atoms with van der Waals surface area (Å²) in [6, 6.07) is 7.55. The fourth-order valence-corrected chi connectivity index (χ4v) is 3.35. The normalized spacial score (nSPS) is 16.2. The van der Waals surface area contributed by atoms with E-state index in [0.29, 0.717) is 23.8 Å². The van der Waals surface area contributed by atoms with E-state index in [1.54, 1.807) is 18.5 Å². The van der Waals surface area contributed by atoms with Crippen molar-refractivity contribution in [3.63, 3.8) is 0 Å². The third kappa shape index (κ3) is 3.66. The predicted octanol–water partition coefficient (Wildman–Crippen LogP) is 2.19. The highest BCUT2D eigenvalue weighted by Gasteiger charge is 2.27. The molecular formula is C20H22N6O2. The number of amides is 1. The third-order valence-corrected chi connectivity index (χ3v) is 4.79. The molecule has 2 N–H and O–H groups in total. The third-order valence-electron chi connectivity index (χ3n) is 4.79. The van der Waals surface area contributed by atoms with Gasteiger partial charge in [0, 0.05) is 37.2 Å². The molecule has 8 nitrogen and oxygen atoms in total. The minimum Gasteiger partial charge on any atom is -0.494 e. The molecule has 4 rings (SSSR count). The Hall–Kier alpha value is -3.42. The van der Waals surface area contributed by atoms with Gasteiger partial charge in [-0.25, -0.2) is 9.97 Å². The largest absolute Gasteiger partial charge is 0.494 e. The molecule has 0 spiro atoms. The molecule has 0 bridgehead atoms. The zero-order valence-corrected chi connectivity index (χ0v) is 15.8. The lowest BCUT2D eigenvalue weighted by atomic mass is 10.1. The average molecular weight is 378 g/mol. The number of carbonyl (C=O) groups is 1. The molecule has 0 aliphatic carbocycles. The molecule has 3 aromatic rings. The monoisotopic (exact) mass is 378 g/mol. The molecule has 1 aliphatic rings. The molecule has 3 aromatic heterocycles. The number of methoxy groups -OCH3 is 1. The zero-order valence-electron chi connectivity index (χ0n) is 15.8. The summed E-state index contributed by atoms with van der Waals surface area (Å²) >= 11 is 0. The maximum atomic E-state index is 12.7. The van der Waals surface area contributed by atoms with Gasteiger partial charge in [-0.15, -0.1) is 0 Å². The number of pyridine rings is 1. The van der Waals surface area contributed by atoms with Crippen molar-refractivity contribution in [1.29, 1.82) is 0 Å². The highest BCUT2D eigenvalue weighted by atomic mass is 16.5. The number of aryl methyl sites for hydroxylation is 1. The summed E-state index contributed by atoms with van der Waals surface area (Å²) in [4.78, 5) is 31.2. The van der Waals surface area contributed by atoms with E-state index < -0.39 is 0 Å². The van der Waals surface area contributed by atoms with Crippen LogP contribution in [-0.2, 0) is 0 Å². The van der Waals surface area contributed by atoms with Crippen molar-refractivity contribution in [2.75, 3.05) is 25.1 Å². The second kappa shape index (κ2) is 7.67. The number of rotatable bonds is 5. The van der Waals surface area contributed by atoms with Gasteiger partial charge in [-0.3, -0.25) is 9.78 Å². The van der Waals surface area contributed by atoms with Gasteiger partial charge in [0.1, 0.15) is 5.75 Å². The minimum atomic E-state index is -0.157. The van der Waals surface area contributed by atoms with Gasteiger partial charge >= 0.3 is 0 Å². The van der Waals surface area contributed by atoms with Crippen molar-refractivity contribution in [2.45, 2.75) is 19.4 Å². The van der Waals surface area contributed by atoms with Crippen molar-refractivity contribution in [1.82, 2.24) is 25.3 Å². The molecule has 0 radical (unpaired) electrons. The molecule has 1 atom stereocenters. The van der Waals surface area contributed by atoms with Gasteiger partial charge in [0.2, 0.25) is 5.95 Å². The summed E-state index contributed by atoms with van der Waals surface area (Å²) in [5, 5.41) is 3.09. The van der Waals surface area contributed by atoms with E-state index in [1.807, 2.05) is 31.3 Å². The first-order chi connectivity index (χ1) is 13.6. The van der Waals surface area contributed by atoms with E-state index in [2.05, 4.69) is 30.2 Å². The lowest BCUT2D eigenvalue weighted by Crippen LogP contribution is -2.37. The second-order valence-electron chi connectivity index (χ2n) is 6.76. The van der Waals surface area contributed by atoms with Gasteiger partial charge in [-0.1, -0.05) is 0 Å². The molecule has 144 valence electrons. The van der Waals surface area contributed by atoms with E-state index in [1.165, 1.54) is 7.11 Å². The number of ether oxygens (including phenoxy) is 1. The number of anilines is 1. The van der Waals surface area contributed by atoms with E-state index in [-0.39, 0.29) is 11.9 Å². The van der Waals surface area contributed by atoms with Crippen molar-refractivity contribution in [3.8, 4) is 17.1 Å². The Morgan fingerprint density at radius 1 is 1.36 bits per heavy atom. The van der Waals surface area contributed by atoms with Crippen LogP contribution in [-0.4, -0.2) is 52.1 Å². The predicted molar refractivity (Wildman–Crippen MR) is 105 cm³/mol. The lowest BCUT2D eigenvalue weighted by molar-refractivity contribution is 0.0937. The van der Waals surface area contributed by atoms with Crippen molar-refractivity contribution in [3.05, 3.63) is 54.1 Å². The molecular weight excluding hydrogens is 356 g/mol. The summed E-state index contributed by atoms with van der Waals surface area (Å²) in [5.41, 5.74) is 3.07. The summed E-state index contributed by atoms with van der Waals surface area (Å²) in [7, 11) is 1.54. The van der Waals surface area contributed by atoms with E-state index >= 15 is 0 Å². The van der Waals surface area contributed by atoms with Gasteiger partial charge in [0.25, 0.3) is 5.91 Å². The Labute approximate surface area is 163 Å². The van der Waals surface area contributed by atoms with Crippen LogP contribution < -0.4 is 15.0 Å². The molecule has 0 aromatic carbocycles. The summed E-state index contributed by atoms with van der Waals surface area (Å²) < 4.78 is 5.27. The van der Waals surface area contributed by atoms with Gasteiger partial charge < -0.3 is 19.9 Å². The fourth-order valence-electron chi connectivity index (χ4n) is 3.35. The van der Waals surface area contributed by atoms with Crippen LogP contribution in [0.4, 0.5) is 5.95 Å². The number of nitrogens with one attached hydrogen (secondary N) is 2. The van der Waals surface area contributed by atoms with Gasteiger partial charge in [-0.2, -0.15) is 0 Å². The van der Waals surface area contributed by atoms with E-state index in [0.717, 1.165) is 30.0 Å². The van der Waals surface area contributed by atoms with Crippen LogP contribution in [0.2, 0.25) is 0 Å². The van der Waals surface area contributed by atoms with Gasteiger partial charge in [-0.05, 0) is 37.6 Å². The Bertz CT molecular complexity index is 973. The van der Waals surface area contributed by atoms with Crippen LogP contribution in [0.5, 0.6) is 5.75 Å². The highest BCUT2D eigenvalue weighted by Crippen LogP contribution is 2.22.